The van der Waals surface area contributed by atoms with Gasteiger partial charge in [0.05, 0.1) is 12.7 Å². The largest absolute Gasteiger partial charge is 0.495 e. The molecule has 0 saturated heterocycles. The molecule has 11 heteroatoms. The van der Waals surface area contributed by atoms with Crippen molar-refractivity contribution >= 4 is 21.6 Å². The molecule has 174 valence electrons. The molecule has 0 bridgehead atoms. The number of amides is 1. The van der Waals surface area contributed by atoms with Gasteiger partial charge >= 0.3 is 6.18 Å². The van der Waals surface area contributed by atoms with Crippen molar-refractivity contribution in [1.82, 2.24) is 4.72 Å². The summed E-state index contributed by atoms with van der Waals surface area (Å²) >= 11 is 0. The van der Waals surface area contributed by atoms with Gasteiger partial charge in [0.2, 0.25) is 10.0 Å². The lowest BCUT2D eigenvalue weighted by Gasteiger charge is -2.14. The van der Waals surface area contributed by atoms with Gasteiger partial charge in [0, 0.05) is 17.8 Å². The Morgan fingerprint density at radius 1 is 1.00 bits per heavy atom. The predicted octanol–water partition coefficient (Wildman–Crippen LogP) is 4.58. The smallest absolute Gasteiger partial charge is 0.419 e. The molecule has 0 aliphatic rings. The standard InChI is InChI=1S/C22H18F4N2O4S/c1-32-19-10-7-15(11-20(19)33(30,31)27-13-14-5-3-2-4-6-14)21(29)28-16-8-9-18(23)17(12-16)22(24,25)26/h2-12,27H,13H2,1H3,(H,28,29). The summed E-state index contributed by atoms with van der Waals surface area (Å²) in [5.41, 5.74) is -1.31. The molecule has 3 rings (SSSR count). The Balaban J connectivity index is 1.86. The number of hydrogen-bond donors (Lipinski definition) is 2. The van der Waals surface area contributed by atoms with Crippen molar-refractivity contribution in [3.05, 3.63) is 89.2 Å². The van der Waals surface area contributed by atoms with Crippen LogP contribution < -0.4 is 14.8 Å². The molecule has 3 aromatic carbocycles. The van der Waals surface area contributed by atoms with Crippen LogP contribution in [-0.2, 0) is 22.7 Å². The zero-order chi connectivity index (χ0) is 24.2. The number of ether oxygens (including phenoxy) is 1. The lowest BCUT2D eigenvalue weighted by atomic mass is 10.1. The molecule has 0 heterocycles. The molecule has 0 saturated carbocycles. The third kappa shape index (κ3) is 5.88. The van der Waals surface area contributed by atoms with Gasteiger partial charge in [-0.25, -0.2) is 17.5 Å². The lowest BCUT2D eigenvalue weighted by Crippen LogP contribution is -2.24. The Labute approximate surface area is 187 Å². The maximum atomic E-state index is 13.5. The number of nitrogens with one attached hydrogen (secondary N) is 2. The highest BCUT2D eigenvalue weighted by molar-refractivity contribution is 7.89. The molecule has 33 heavy (non-hydrogen) atoms. The van der Waals surface area contributed by atoms with Crippen LogP contribution in [0.25, 0.3) is 0 Å². The molecular formula is C22H18F4N2O4S. The number of carbonyl (C=O) groups is 1. The van der Waals surface area contributed by atoms with Crippen molar-refractivity contribution in [3.8, 4) is 5.75 Å². The molecule has 0 atom stereocenters. The van der Waals surface area contributed by atoms with Gasteiger partial charge < -0.3 is 10.1 Å². The van der Waals surface area contributed by atoms with Crippen molar-refractivity contribution in [3.63, 3.8) is 0 Å². The van der Waals surface area contributed by atoms with Gasteiger partial charge in [-0.3, -0.25) is 4.79 Å². The Kier molecular flexibility index (Phi) is 7.04. The van der Waals surface area contributed by atoms with E-state index in [0.29, 0.717) is 17.7 Å². The Hall–Kier alpha value is -3.44. The number of rotatable bonds is 7. The van der Waals surface area contributed by atoms with Crippen molar-refractivity contribution in [2.75, 3.05) is 12.4 Å². The third-order valence-corrected chi connectivity index (χ3v) is 5.98. The number of carbonyl (C=O) groups excluding carboxylic acids is 1. The van der Waals surface area contributed by atoms with Gasteiger partial charge in [-0.15, -0.1) is 0 Å². The molecule has 3 aromatic rings. The van der Waals surface area contributed by atoms with Crippen LogP contribution in [0.2, 0.25) is 0 Å². The van der Waals surface area contributed by atoms with Gasteiger partial charge in [0.25, 0.3) is 5.91 Å². The SMILES string of the molecule is COc1ccc(C(=O)Nc2ccc(F)c(C(F)(F)F)c2)cc1S(=O)(=O)NCc1ccccc1. The van der Waals surface area contributed by atoms with E-state index in [1.165, 1.54) is 19.2 Å². The third-order valence-electron chi connectivity index (χ3n) is 4.55. The van der Waals surface area contributed by atoms with E-state index < -0.39 is 33.5 Å². The van der Waals surface area contributed by atoms with Crippen LogP contribution in [0.4, 0.5) is 23.2 Å². The number of halogens is 4. The first kappa shape index (κ1) is 24.2. The van der Waals surface area contributed by atoms with Crippen LogP contribution in [0.3, 0.4) is 0 Å². The normalized spacial score (nSPS) is 11.8. The molecule has 2 N–H and O–H groups in total. The molecular weight excluding hydrogens is 464 g/mol. The second-order valence-corrected chi connectivity index (χ2v) is 8.56. The lowest BCUT2D eigenvalue weighted by molar-refractivity contribution is -0.139. The van der Waals surface area contributed by atoms with Gasteiger partial charge in [0.1, 0.15) is 16.5 Å². The first-order chi connectivity index (χ1) is 15.5. The summed E-state index contributed by atoms with van der Waals surface area (Å²) in [6, 6.07) is 14.2. The number of benzene rings is 3. The maximum Gasteiger partial charge on any atom is 0.419 e. The van der Waals surface area contributed by atoms with E-state index >= 15 is 0 Å². The highest BCUT2D eigenvalue weighted by Gasteiger charge is 2.34. The second-order valence-electron chi connectivity index (χ2n) is 6.82. The Bertz CT molecular complexity index is 1260. The number of methoxy groups -OCH3 is 1. The zero-order valence-corrected chi connectivity index (χ0v) is 17.9. The predicted molar refractivity (Wildman–Crippen MR) is 113 cm³/mol. The monoisotopic (exact) mass is 482 g/mol. The summed E-state index contributed by atoms with van der Waals surface area (Å²) in [6.45, 7) is -0.0153. The molecule has 6 nitrogen and oxygen atoms in total. The Morgan fingerprint density at radius 2 is 1.70 bits per heavy atom. The summed E-state index contributed by atoms with van der Waals surface area (Å²) in [7, 11) is -2.86. The topological polar surface area (TPSA) is 84.5 Å². The van der Waals surface area contributed by atoms with Crippen molar-refractivity contribution in [2.24, 2.45) is 0 Å². The Morgan fingerprint density at radius 3 is 2.33 bits per heavy atom. The van der Waals surface area contributed by atoms with Crippen molar-refractivity contribution in [1.29, 1.82) is 0 Å². The molecule has 0 fully saturated rings. The molecule has 1 amide bonds. The molecule has 0 aliphatic carbocycles. The molecule has 0 aromatic heterocycles. The average molecular weight is 482 g/mol. The van der Waals surface area contributed by atoms with E-state index in [1.807, 2.05) is 0 Å². The number of sulfonamides is 1. The van der Waals surface area contributed by atoms with E-state index in [0.717, 1.165) is 12.1 Å². The number of anilines is 1. The van der Waals surface area contributed by atoms with E-state index in [9.17, 15) is 30.8 Å². The van der Waals surface area contributed by atoms with Gasteiger partial charge in [-0.1, -0.05) is 30.3 Å². The molecule has 0 spiro atoms. The molecule has 0 radical (unpaired) electrons. The summed E-state index contributed by atoms with van der Waals surface area (Å²) in [5, 5.41) is 2.21. The van der Waals surface area contributed by atoms with Crippen LogP contribution in [0.5, 0.6) is 5.75 Å². The van der Waals surface area contributed by atoms with Crippen LogP contribution in [0.1, 0.15) is 21.5 Å². The molecule has 0 unspecified atom stereocenters. The van der Waals surface area contributed by atoms with E-state index in [4.69, 9.17) is 4.74 Å². The molecule has 0 aliphatic heterocycles. The highest BCUT2D eigenvalue weighted by Crippen LogP contribution is 2.33. The van der Waals surface area contributed by atoms with Gasteiger partial charge in [-0.05, 0) is 42.0 Å². The first-order valence-corrected chi connectivity index (χ1v) is 10.9. The number of hydrogen-bond acceptors (Lipinski definition) is 4. The van der Waals surface area contributed by atoms with E-state index in [1.54, 1.807) is 30.3 Å². The average Bonchev–Trinajstić information content (AvgIpc) is 2.78. The van der Waals surface area contributed by atoms with Crippen LogP contribution >= 0.6 is 0 Å². The zero-order valence-electron chi connectivity index (χ0n) is 17.1. The maximum absolute atomic E-state index is 13.5. The fourth-order valence-electron chi connectivity index (χ4n) is 2.90. The fraction of sp³-hybridized carbons (Fsp3) is 0.136. The fourth-order valence-corrected chi connectivity index (χ4v) is 4.11. The summed E-state index contributed by atoms with van der Waals surface area (Å²) < 4.78 is 85.3. The summed E-state index contributed by atoms with van der Waals surface area (Å²) in [5.74, 6) is -2.41. The van der Waals surface area contributed by atoms with Gasteiger partial charge in [0.15, 0.2) is 0 Å². The minimum Gasteiger partial charge on any atom is -0.495 e. The van der Waals surface area contributed by atoms with Crippen molar-refractivity contribution < 1.29 is 35.5 Å². The summed E-state index contributed by atoms with van der Waals surface area (Å²) in [4.78, 5) is 12.2. The van der Waals surface area contributed by atoms with Crippen LogP contribution in [0.15, 0.2) is 71.6 Å². The van der Waals surface area contributed by atoms with Gasteiger partial charge in [-0.2, -0.15) is 13.2 Å². The van der Waals surface area contributed by atoms with E-state index in [-0.39, 0.29) is 28.4 Å². The second kappa shape index (κ2) is 9.59. The van der Waals surface area contributed by atoms with Crippen LogP contribution in [-0.4, -0.2) is 21.4 Å². The number of alkyl halides is 3. The quantitative estimate of drug-likeness (QED) is 0.483. The summed E-state index contributed by atoms with van der Waals surface area (Å²) in [6.07, 6.45) is -4.95. The van der Waals surface area contributed by atoms with E-state index in [2.05, 4.69) is 10.0 Å². The first-order valence-electron chi connectivity index (χ1n) is 9.41. The highest BCUT2D eigenvalue weighted by atomic mass is 32.2. The minimum atomic E-state index is -4.95. The van der Waals surface area contributed by atoms with Crippen LogP contribution in [0, 0.1) is 5.82 Å². The van der Waals surface area contributed by atoms with Crippen molar-refractivity contribution in [2.45, 2.75) is 17.6 Å². The minimum absolute atomic E-state index is 0.0153.